The van der Waals surface area contributed by atoms with E-state index in [0.717, 1.165) is 35.3 Å². The van der Waals surface area contributed by atoms with Gasteiger partial charge in [0, 0.05) is 0 Å². The van der Waals surface area contributed by atoms with Crippen LogP contribution in [0.4, 0.5) is 0 Å². The molecule has 0 saturated heterocycles. The first-order valence-corrected chi connectivity index (χ1v) is 18.1. The van der Waals surface area contributed by atoms with Gasteiger partial charge in [0.25, 0.3) is 11.1 Å². The highest BCUT2D eigenvalue weighted by Gasteiger charge is 2.21. The molecule has 4 aromatic heterocycles. The number of aromatic nitrogens is 8. The molecule has 1 aliphatic carbocycles. The van der Waals surface area contributed by atoms with E-state index >= 15 is 0 Å². The average Bonchev–Trinajstić information content (AvgIpc) is 3.99. The number of rotatable bonds is 6. The summed E-state index contributed by atoms with van der Waals surface area (Å²) >= 11 is 0. The lowest BCUT2D eigenvalue weighted by molar-refractivity contribution is 0.478. The Labute approximate surface area is 300 Å². The fourth-order valence-corrected chi connectivity index (χ4v) is 5.88. The van der Waals surface area contributed by atoms with Gasteiger partial charge < -0.3 is 0 Å². The van der Waals surface area contributed by atoms with Gasteiger partial charge in [0.15, 0.2) is 11.3 Å². The maximum absolute atomic E-state index is 12.6. The van der Waals surface area contributed by atoms with Gasteiger partial charge in [-0.3, -0.25) is 18.7 Å². The molecule has 3 aromatic carbocycles. The molecule has 0 N–H and O–H groups in total. The van der Waals surface area contributed by atoms with Crippen LogP contribution in [-0.2, 0) is 13.1 Å². The van der Waals surface area contributed by atoms with E-state index in [2.05, 4.69) is 20.2 Å². The minimum absolute atomic E-state index is 0.0156. The lowest BCUT2D eigenvalue weighted by Crippen LogP contribution is -2.21. The molecule has 7 aromatic rings. The van der Waals surface area contributed by atoms with E-state index in [1.54, 1.807) is 38.9 Å². The van der Waals surface area contributed by atoms with Crippen LogP contribution >= 0.6 is 0 Å². The van der Waals surface area contributed by atoms with Crippen molar-refractivity contribution in [2.45, 2.75) is 86.4 Å². The van der Waals surface area contributed by atoms with Gasteiger partial charge in [-0.05, 0) is 36.1 Å². The van der Waals surface area contributed by atoms with Gasteiger partial charge in [0.1, 0.15) is 23.4 Å². The largest absolute Gasteiger partial charge is 0.294 e. The van der Waals surface area contributed by atoms with Crippen molar-refractivity contribution in [1.29, 1.82) is 0 Å². The fourth-order valence-electron chi connectivity index (χ4n) is 5.88. The van der Waals surface area contributed by atoms with Crippen LogP contribution in [-0.4, -0.2) is 38.7 Å². The first-order valence-electron chi connectivity index (χ1n) is 18.1. The Bertz CT molecular complexity index is 2160. The van der Waals surface area contributed by atoms with Crippen LogP contribution < -0.4 is 11.1 Å². The van der Waals surface area contributed by atoms with Gasteiger partial charge >= 0.3 is 0 Å². The molecule has 8 rings (SSSR count). The summed E-state index contributed by atoms with van der Waals surface area (Å²) in [5.74, 6) is 0. The molecule has 0 unspecified atom stereocenters. The molecular weight excluding hydrogens is 637 g/mol. The second kappa shape index (κ2) is 19.5. The number of hydrogen-bond donors (Lipinski definition) is 0. The van der Waals surface area contributed by atoms with E-state index in [9.17, 15) is 9.59 Å². The van der Waals surface area contributed by atoms with Crippen LogP contribution in [0.3, 0.4) is 0 Å². The Balaban J connectivity index is 0.000000200. The maximum Gasteiger partial charge on any atom is 0.264 e. The van der Waals surface area contributed by atoms with Crippen LogP contribution in [0.1, 0.15) is 84.4 Å². The molecule has 0 amide bonds. The summed E-state index contributed by atoms with van der Waals surface area (Å²) in [6, 6.07) is 29.9. The quantitative estimate of drug-likeness (QED) is 0.174. The number of nitrogens with zero attached hydrogens (tertiary/aromatic N) is 8. The molecule has 0 radical (unpaired) electrons. The summed E-state index contributed by atoms with van der Waals surface area (Å²) in [6.07, 6.45) is 11.2. The van der Waals surface area contributed by atoms with Gasteiger partial charge in [-0.1, -0.05) is 133 Å². The molecule has 0 aliphatic heterocycles. The zero-order valence-corrected chi connectivity index (χ0v) is 30.7. The topological polar surface area (TPSA) is 105 Å². The van der Waals surface area contributed by atoms with Crippen molar-refractivity contribution in [3.8, 4) is 5.69 Å². The Kier molecular flexibility index (Phi) is 14.6. The number of benzene rings is 3. The van der Waals surface area contributed by atoms with E-state index in [0.29, 0.717) is 35.6 Å². The van der Waals surface area contributed by atoms with Crippen LogP contribution in [0.2, 0.25) is 0 Å². The molecule has 0 bridgehead atoms. The smallest absolute Gasteiger partial charge is 0.264 e. The predicted molar refractivity (Wildman–Crippen MR) is 208 cm³/mol. The summed E-state index contributed by atoms with van der Waals surface area (Å²) < 4.78 is 6.88. The SMILES string of the molecule is CC.CC.CC.O=c1c2cnn(-c3ccccc3)c2ncn1Cc1ccccc1.O=c1c2cnn(C3CCCC3)c2ncn1Cc1ccccc1. The zero-order valence-electron chi connectivity index (χ0n) is 30.7. The normalized spacial score (nSPS) is 12.0. The third kappa shape index (κ3) is 9.13. The van der Waals surface area contributed by atoms with E-state index in [1.165, 1.54) is 12.8 Å². The van der Waals surface area contributed by atoms with Gasteiger partial charge in [-0.15, -0.1) is 0 Å². The molecule has 0 atom stereocenters. The number of para-hydroxylation sites is 1. The lowest BCUT2D eigenvalue weighted by atomic mass is 10.2. The average molecular weight is 687 g/mol. The third-order valence-corrected chi connectivity index (χ3v) is 8.20. The molecule has 4 heterocycles. The Hall–Kier alpha value is -5.64. The number of fused-ring (bicyclic) bond motifs is 2. The number of hydrogen-bond acceptors (Lipinski definition) is 6. The first kappa shape index (κ1) is 38.2. The molecular formula is C41H50N8O2. The molecule has 1 saturated carbocycles. The summed E-state index contributed by atoms with van der Waals surface area (Å²) in [6.45, 7) is 13.0. The van der Waals surface area contributed by atoms with Gasteiger partial charge in [0.2, 0.25) is 0 Å². The van der Waals surface area contributed by atoms with Gasteiger partial charge in [0.05, 0.1) is 37.2 Å². The van der Waals surface area contributed by atoms with E-state index in [-0.39, 0.29) is 11.1 Å². The molecule has 266 valence electrons. The highest BCUT2D eigenvalue weighted by Crippen LogP contribution is 2.30. The van der Waals surface area contributed by atoms with E-state index in [1.807, 2.05) is 137 Å². The van der Waals surface area contributed by atoms with Crippen molar-refractivity contribution in [2.24, 2.45) is 0 Å². The fraction of sp³-hybridized carbons (Fsp3) is 0.317. The molecule has 10 heteroatoms. The summed E-state index contributed by atoms with van der Waals surface area (Å²) in [5, 5.41) is 9.88. The van der Waals surface area contributed by atoms with Crippen LogP contribution in [0.5, 0.6) is 0 Å². The van der Waals surface area contributed by atoms with Crippen molar-refractivity contribution >= 4 is 22.1 Å². The molecule has 51 heavy (non-hydrogen) atoms. The Morgan fingerprint density at radius 3 is 1.51 bits per heavy atom. The van der Waals surface area contributed by atoms with Crippen molar-refractivity contribution in [2.75, 3.05) is 0 Å². The summed E-state index contributed by atoms with van der Waals surface area (Å²) in [4.78, 5) is 34.2. The molecule has 10 nitrogen and oxygen atoms in total. The Morgan fingerprint density at radius 1 is 0.569 bits per heavy atom. The van der Waals surface area contributed by atoms with Crippen molar-refractivity contribution in [3.05, 3.63) is 148 Å². The summed E-state index contributed by atoms with van der Waals surface area (Å²) in [5.41, 5.74) is 4.24. The standard InChI is InChI=1S/C18H14N4O.C17H18N4O.3C2H6/c23-18-16-11-20-22(15-9-5-2-6-10-15)17(16)19-13-21(18)12-14-7-3-1-4-8-14;22-17-15-10-19-21(14-8-4-5-9-14)16(15)18-12-20(17)11-13-6-2-1-3-7-13;3*1-2/h1-11,13H,12H2;1-3,6-7,10,12,14H,4-5,8-9,11H2;3*1-2H3. The molecule has 1 fully saturated rings. The highest BCUT2D eigenvalue weighted by molar-refractivity contribution is 5.75. The highest BCUT2D eigenvalue weighted by atomic mass is 16.1. The van der Waals surface area contributed by atoms with E-state index in [4.69, 9.17) is 0 Å². The van der Waals surface area contributed by atoms with Gasteiger partial charge in [-0.2, -0.15) is 10.2 Å². The van der Waals surface area contributed by atoms with Crippen LogP contribution in [0, 0.1) is 0 Å². The molecule has 0 spiro atoms. The molecule has 1 aliphatic rings. The van der Waals surface area contributed by atoms with Crippen LogP contribution in [0.15, 0.2) is 126 Å². The monoisotopic (exact) mass is 686 g/mol. The van der Waals surface area contributed by atoms with Crippen molar-refractivity contribution in [1.82, 2.24) is 38.7 Å². The van der Waals surface area contributed by atoms with Crippen LogP contribution in [0.25, 0.3) is 27.8 Å². The maximum atomic E-state index is 12.6. The lowest BCUT2D eigenvalue weighted by Gasteiger charge is -2.11. The first-order chi connectivity index (χ1) is 25.2. The second-order valence-electron chi connectivity index (χ2n) is 11.2. The zero-order chi connectivity index (χ0) is 36.6. The minimum Gasteiger partial charge on any atom is -0.294 e. The second-order valence-corrected chi connectivity index (χ2v) is 11.2. The predicted octanol–water partition coefficient (Wildman–Crippen LogP) is 8.47. The van der Waals surface area contributed by atoms with Gasteiger partial charge in [-0.25, -0.2) is 19.3 Å². The Morgan fingerprint density at radius 2 is 1.00 bits per heavy atom. The summed E-state index contributed by atoms with van der Waals surface area (Å²) in [7, 11) is 0. The minimum atomic E-state index is -0.0824. The van der Waals surface area contributed by atoms with E-state index < -0.39 is 0 Å². The third-order valence-electron chi connectivity index (χ3n) is 8.20. The van der Waals surface area contributed by atoms with Crippen molar-refractivity contribution in [3.63, 3.8) is 0 Å². The van der Waals surface area contributed by atoms with Crippen molar-refractivity contribution < 1.29 is 0 Å².